The molecule has 0 aliphatic heterocycles. The molecule has 1 aromatic carbocycles. The Balaban J connectivity index is 2.42. The summed E-state index contributed by atoms with van der Waals surface area (Å²) >= 11 is 0. The van der Waals surface area contributed by atoms with Crippen molar-refractivity contribution in [3.63, 3.8) is 0 Å². The second-order valence-corrected chi connectivity index (χ2v) is 3.61. The third-order valence-electron chi connectivity index (χ3n) is 2.36. The molecule has 0 saturated heterocycles. The van der Waals surface area contributed by atoms with Crippen molar-refractivity contribution in [2.75, 3.05) is 0 Å². The van der Waals surface area contributed by atoms with Crippen molar-refractivity contribution in [2.45, 2.75) is 6.92 Å². The predicted molar refractivity (Wildman–Crippen MR) is 69.7 cm³/mol. The van der Waals surface area contributed by atoms with Crippen molar-refractivity contribution in [3.05, 3.63) is 56.2 Å². The maximum atomic E-state index is 10.9. The summed E-state index contributed by atoms with van der Waals surface area (Å²) in [5.41, 5.74) is 8.63. The average molecular weight is 272 g/mol. The van der Waals surface area contributed by atoms with Gasteiger partial charge in [-0.1, -0.05) is 12.1 Å². The molecule has 0 saturated carbocycles. The molecule has 0 N–H and O–H groups in total. The largest absolute Gasteiger partial charge is 0.278 e. The standard InChI is InChI=1S/C10H8N8O2/c1-7-13-14-10(15-16-11)17(7)12-6-8-4-2-3-5-9(8)18(19)20/h2-6H,1H3/b12-6+. The van der Waals surface area contributed by atoms with Gasteiger partial charge >= 0.3 is 0 Å². The minimum absolute atomic E-state index is 0.0418. The van der Waals surface area contributed by atoms with Crippen LogP contribution in [0.4, 0.5) is 11.6 Å². The van der Waals surface area contributed by atoms with Gasteiger partial charge in [-0.25, -0.2) is 0 Å². The number of azide groups is 1. The Labute approximate surface area is 112 Å². The van der Waals surface area contributed by atoms with Crippen LogP contribution in [0.3, 0.4) is 0 Å². The van der Waals surface area contributed by atoms with Gasteiger partial charge in [-0.3, -0.25) is 10.1 Å². The Kier molecular flexibility index (Phi) is 3.68. The molecule has 2 aromatic rings. The molecule has 0 unspecified atom stereocenters. The van der Waals surface area contributed by atoms with E-state index in [1.807, 2.05) is 0 Å². The topological polar surface area (TPSA) is 135 Å². The molecule has 100 valence electrons. The Morgan fingerprint density at radius 2 is 2.20 bits per heavy atom. The van der Waals surface area contributed by atoms with Crippen molar-refractivity contribution in [2.24, 2.45) is 10.2 Å². The summed E-state index contributed by atoms with van der Waals surface area (Å²) in [6.07, 6.45) is 1.28. The summed E-state index contributed by atoms with van der Waals surface area (Å²) in [5, 5.41) is 25.5. The lowest BCUT2D eigenvalue weighted by molar-refractivity contribution is -0.385. The first-order valence-corrected chi connectivity index (χ1v) is 5.38. The quantitative estimate of drug-likeness (QED) is 0.210. The molecule has 0 amide bonds. The lowest BCUT2D eigenvalue weighted by Gasteiger charge is -1.98. The first-order chi connectivity index (χ1) is 9.63. The van der Waals surface area contributed by atoms with Crippen LogP contribution in [0.25, 0.3) is 10.4 Å². The van der Waals surface area contributed by atoms with E-state index in [1.54, 1.807) is 25.1 Å². The van der Waals surface area contributed by atoms with Crippen molar-refractivity contribution in [1.29, 1.82) is 0 Å². The van der Waals surface area contributed by atoms with Gasteiger partial charge in [0, 0.05) is 11.0 Å². The van der Waals surface area contributed by atoms with Crippen LogP contribution >= 0.6 is 0 Å². The van der Waals surface area contributed by atoms with E-state index < -0.39 is 4.92 Å². The van der Waals surface area contributed by atoms with E-state index >= 15 is 0 Å². The normalized spacial score (nSPS) is 10.4. The maximum Gasteiger partial charge on any atom is 0.278 e. The fourth-order valence-corrected chi connectivity index (χ4v) is 1.47. The number of benzene rings is 1. The predicted octanol–water partition coefficient (Wildman–Crippen LogP) is 2.32. The fourth-order valence-electron chi connectivity index (χ4n) is 1.47. The van der Waals surface area contributed by atoms with Crippen molar-refractivity contribution in [1.82, 2.24) is 14.9 Å². The van der Waals surface area contributed by atoms with Crippen molar-refractivity contribution >= 4 is 17.9 Å². The molecule has 1 heterocycles. The smallest absolute Gasteiger partial charge is 0.258 e. The molecule has 0 fully saturated rings. The van der Waals surface area contributed by atoms with Gasteiger partial charge < -0.3 is 0 Å². The van der Waals surface area contributed by atoms with E-state index in [-0.39, 0.29) is 11.6 Å². The summed E-state index contributed by atoms with van der Waals surface area (Å²) in [6.45, 7) is 1.61. The lowest BCUT2D eigenvalue weighted by Crippen LogP contribution is -1.97. The third kappa shape index (κ3) is 2.60. The van der Waals surface area contributed by atoms with E-state index in [2.05, 4.69) is 25.3 Å². The van der Waals surface area contributed by atoms with Gasteiger partial charge in [0.2, 0.25) is 5.95 Å². The molecule has 0 aliphatic carbocycles. The van der Waals surface area contributed by atoms with Gasteiger partial charge in [-0.15, -0.1) is 10.2 Å². The molecule has 20 heavy (non-hydrogen) atoms. The number of hydrogen-bond acceptors (Lipinski definition) is 6. The van der Waals surface area contributed by atoms with Crippen LogP contribution in [0.1, 0.15) is 11.4 Å². The molecular weight excluding hydrogens is 264 g/mol. The van der Waals surface area contributed by atoms with E-state index in [0.29, 0.717) is 11.4 Å². The van der Waals surface area contributed by atoms with E-state index in [4.69, 9.17) is 5.53 Å². The molecular formula is C10H8N8O2. The van der Waals surface area contributed by atoms with Crippen LogP contribution in [-0.2, 0) is 0 Å². The highest BCUT2D eigenvalue weighted by Gasteiger charge is 2.11. The molecule has 2 rings (SSSR count). The molecule has 0 radical (unpaired) electrons. The molecule has 0 atom stereocenters. The summed E-state index contributed by atoms with van der Waals surface area (Å²) in [7, 11) is 0. The number of nitro benzene ring substituents is 1. The number of hydrogen-bond donors (Lipinski definition) is 0. The Bertz CT molecular complexity index is 729. The van der Waals surface area contributed by atoms with Gasteiger partial charge in [0.15, 0.2) is 5.82 Å². The van der Waals surface area contributed by atoms with Crippen LogP contribution in [-0.4, -0.2) is 26.0 Å². The van der Waals surface area contributed by atoms with E-state index in [9.17, 15) is 10.1 Å². The third-order valence-corrected chi connectivity index (χ3v) is 2.36. The molecule has 10 heteroatoms. The Hall–Kier alpha value is -3.26. The monoisotopic (exact) mass is 272 g/mol. The number of nitrogens with zero attached hydrogens (tertiary/aromatic N) is 8. The first-order valence-electron chi connectivity index (χ1n) is 5.38. The number of rotatable bonds is 4. The minimum Gasteiger partial charge on any atom is -0.258 e. The zero-order chi connectivity index (χ0) is 14.5. The van der Waals surface area contributed by atoms with Crippen LogP contribution in [0.2, 0.25) is 0 Å². The molecule has 0 aliphatic rings. The summed E-state index contributed by atoms with van der Waals surface area (Å²) < 4.78 is 1.19. The molecule has 0 spiro atoms. The highest BCUT2D eigenvalue weighted by molar-refractivity contribution is 5.85. The fraction of sp³-hybridized carbons (Fsp3) is 0.100. The zero-order valence-electron chi connectivity index (χ0n) is 10.3. The number of aromatic nitrogens is 3. The van der Waals surface area contributed by atoms with Gasteiger partial charge in [0.05, 0.1) is 16.7 Å². The minimum atomic E-state index is -0.505. The number of para-hydroxylation sites is 1. The molecule has 0 bridgehead atoms. The van der Waals surface area contributed by atoms with Crippen molar-refractivity contribution < 1.29 is 4.92 Å². The van der Waals surface area contributed by atoms with Crippen molar-refractivity contribution in [3.8, 4) is 0 Å². The summed E-state index contributed by atoms with van der Waals surface area (Å²) in [5.74, 6) is 0.349. The van der Waals surface area contributed by atoms with Gasteiger partial charge in [0.1, 0.15) is 0 Å². The second kappa shape index (κ2) is 5.59. The highest BCUT2D eigenvalue weighted by Crippen LogP contribution is 2.16. The second-order valence-electron chi connectivity index (χ2n) is 3.61. The van der Waals surface area contributed by atoms with Gasteiger partial charge in [0.25, 0.3) is 5.69 Å². The van der Waals surface area contributed by atoms with Crippen LogP contribution < -0.4 is 0 Å². The Morgan fingerprint density at radius 3 is 2.90 bits per heavy atom. The van der Waals surface area contributed by atoms with Gasteiger partial charge in [-0.05, 0) is 23.6 Å². The number of aryl methyl sites for hydroxylation is 1. The van der Waals surface area contributed by atoms with Crippen LogP contribution in [0.5, 0.6) is 0 Å². The highest BCUT2D eigenvalue weighted by atomic mass is 16.6. The maximum absolute atomic E-state index is 10.9. The molecule has 10 nitrogen and oxygen atoms in total. The lowest BCUT2D eigenvalue weighted by atomic mass is 10.2. The summed E-state index contributed by atoms with van der Waals surface area (Å²) in [4.78, 5) is 13.0. The number of nitro groups is 1. The van der Waals surface area contributed by atoms with E-state index in [1.165, 1.54) is 17.0 Å². The first kappa shape index (κ1) is 13.2. The zero-order valence-corrected chi connectivity index (χ0v) is 10.3. The van der Waals surface area contributed by atoms with Crippen LogP contribution in [0, 0.1) is 17.0 Å². The van der Waals surface area contributed by atoms with E-state index in [0.717, 1.165) is 0 Å². The average Bonchev–Trinajstić information content (AvgIpc) is 2.78. The molecule has 1 aromatic heterocycles. The van der Waals surface area contributed by atoms with Crippen LogP contribution in [0.15, 0.2) is 34.5 Å². The SMILES string of the molecule is Cc1nnc(N=[N+]=[N-])n1/N=C/c1ccccc1[N+](=O)[O-]. The Morgan fingerprint density at radius 1 is 1.45 bits per heavy atom. The van der Waals surface area contributed by atoms with Gasteiger partial charge in [-0.2, -0.15) is 9.78 Å². The summed E-state index contributed by atoms with van der Waals surface area (Å²) in [6, 6.07) is 6.13.